The molecule has 130 valence electrons. The number of aryl methyl sites for hydroxylation is 1. The Morgan fingerprint density at radius 1 is 1.12 bits per heavy atom. The fraction of sp³-hybridized carbons (Fsp3) is 0.105. The first-order valence-corrected chi connectivity index (χ1v) is 8.81. The maximum atomic E-state index is 13.3. The number of nitrogens with one attached hydrogen (secondary N) is 1. The van der Waals surface area contributed by atoms with E-state index in [-0.39, 0.29) is 11.8 Å². The number of ether oxygens (including phenoxy) is 1. The van der Waals surface area contributed by atoms with Crippen molar-refractivity contribution in [1.82, 2.24) is 19.9 Å². The Hall–Kier alpha value is -3.06. The third-order valence-corrected chi connectivity index (χ3v) is 4.91. The van der Waals surface area contributed by atoms with E-state index in [4.69, 9.17) is 9.72 Å². The normalized spacial score (nSPS) is 10.9. The molecular formula is C19H15FN4OS. The topological polar surface area (TPSA) is 63.7 Å². The van der Waals surface area contributed by atoms with Crippen molar-refractivity contribution >= 4 is 11.3 Å². The number of rotatable bonds is 4. The lowest BCUT2D eigenvalue weighted by Crippen LogP contribution is -1.94. The Labute approximate surface area is 153 Å². The average Bonchev–Trinajstić information content (AvgIpc) is 3.29. The van der Waals surface area contributed by atoms with Gasteiger partial charge in [0.2, 0.25) is 0 Å². The van der Waals surface area contributed by atoms with Gasteiger partial charge in [0, 0.05) is 11.8 Å². The van der Waals surface area contributed by atoms with Crippen LogP contribution in [0.2, 0.25) is 0 Å². The number of hydrogen-bond acceptors (Lipinski definition) is 5. The van der Waals surface area contributed by atoms with Crippen molar-refractivity contribution < 1.29 is 9.13 Å². The Bertz CT molecular complexity index is 1060. The van der Waals surface area contributed by atoms with E-state index in [9.17, 15) is 4.39 Å². The molecule has 26 heavy (non-hydrogen) atoms. The zero-order valence-electron chi connectivity index (χ0n) is 14.2. The van der Waals surface area contributed by atoms with E-state index in [1.165, 1.54) is 24.8 Å². The molecule has 0 unspecified atom stereocenters. The maximum absolute atomic E-state index is 13.3. The van der Waals surface area contributed by atoms with Crippen LogP contribution in [0.15, 0.2) is 48.0 Å². The van der Waals surface area contributed by atoms with Crippen molar-refractivity contribution in [2.75, 3.05) is 7.11 Å². The molecule has 0 aliphatic heterocycles. The summed E-state index contributed by atoms with van der Waals surface area (Å²) in [6.07, 6.45) is 1.63. The van der Waals surface area contributed by atoms with E-state index >= 15 is 0 Å². The van der Waals surface area contributed by atoms with Crippen LogP contribution >= 0.6 is 11.3 Å². The van der Waals surface area contributed by atoms with Gasteiger partial charge in [0.25, 0.3) is 0 Å². The first kappa shape index (κ1) is 16.4. The molecule has 1 N–H and O–H groups in total. The van der Waals surface area contributed by atoms with Crippen molar-refractivity contribution in [3.8, 4) is 39.4 Å². The number of imidazole rings is 1. The highest BCUT2D eigenvalue weighted by Crippen LogP contribution is 2.34. The van der Waals surface area contributed by atoms with E-state index in [0.29, 0.717) is 11.4 Å². The fourth-order valence-electron chi connectivity index (χ4n) is 2.63. The van der Waals surface area contributed by atoms with Crippen molar-refractivity contribution in [3.05, 3.63) is 59.4 Å². The number of nitrogens with zero attached hydrogens (tertiary/aromatic N) is 3. The molecule has 4 aromatic rings. The van der Waals surface area contributed by atoms with E-state index in [1.807, 2.05) is 6.92 Å². The van der Waals surface area contributed by atoms with Gasteiger partial charge in [-0.1, -0.05) is 0 Å². The van der Waals surface area contributed by atoms with Gasteiger partial charge in [0.1, 0.15) is 11.6 Å². The van der Waals surface area contributed by atoms with Gasteiger partial charge in [-0.15, -0.1) is 11.3 Å². The quantitative estimate of drug-likeness (QED) is 0.568. The van der Waals surface area contributed by atoms with Crippen LogP contribution in [0.5, 0.6) is 6.01 Å². The first-order chi connectivity index (χ1) is 12.6. The minimum Gasteiger partial charge on any atom is -0.467 e. The average molecular weight is 366 g/mol. The van der Waals surface area contributed by atoms with Crippen LogP contribution in [0.4, 0.5) is 4.39 Å². The third-order valence-electron chi connectivity index (χ3n) is 3.86. The second-order valence-corrected chi connectivity index (χ2v) is 6.64. The standard InChI is InChI=1S/C19H15FN4OS/c1-11-9-15(26-10-11)18-23-16(12-3-5-13(20)6-4-12)17(24-18)14-7-8-21-19(22-14)25-2/h3-10H,1-2H3,(H,23,24). The Morgan fingerprint density at radius 3 is 2.62 bits per heavy atom. The Kier molecular flexibility index (Phi) is 4.22. The van der Waals surface area contributed by atoms with Crippen LogP contribution in [-0.4, -0.2) is 27.0 Å². The van der Waals surface area contributed by atoms with Gasteiger partial charge in [-0.05, 0) is 54.3 Å². The number of H-pyrrole nitrogens is 1. The monoisotopic (exact) mass is 366 g/mol. The molecule has 3 heterocycles. The SMILES string of the molecule is COc1nccc(-c2[nH]c(-c3cc(C)cs3)nc2-c2ccc(F)cc2)n1. The summed E-state index contributed by atoms with van der Waals surface area (Å²) in [5.74, 6) is 0.457. The predicted octanol–water partition coefficient (Wildman–Crippen LogP) is 4.72. The van der Waals surface area contributed by atoms with Crippen LogP contribution in [-0.2, 0) is 0 Å². The summed E-state index contributed by atoms with van der Waals surface area (Å²) >= 11 is 1.61. The molecule has 1 aromatic carbocycles. The van der Waals surface area contributed by atoms with Crippen molar-refractivity contribution in [3.63, 3.8) is 0 Å². The number of hydrogen-bond donors (Lipinski definition) is 1. The Morgan fingerprint density at radius 2 is 1.92 bits per heavy atom. The lowest BCUT2D eigenvalue weighted by Gasteiger charge is -2.04. The highest BCUT2D eigenvalue weighted by atomic mass is 32.1. The van der Waals surface area contributed by atoms with Crippen molar-refractivity contribution in [2.24, 2.45) is 0 Å². The van der Waals surface area contributed by atoms with Crippen molar-refractivity contribution in [2.45, 2.75) is 6.92 Å². The third kappa shape index (κ3) is 3.09. The molecule has 0 aliphatic rings. The lowest BCUT2D eigenvalue weighted by molar-refractivity contribution is 0.380. The van der Waals surface area contributed by atoms with E-state index < -0.39 is 0 Å². The molecule has 0 spiro atoms. The van der Waals surface area contributed by atoms with Gasteiger partial charge in [-0.25, -0.2) is 14.4 Å². The second kappa shape index (κ2) is 6.68. The summed E-state index contributed by atoms with van der Waals surface area (Å²) in [6.45, 7) is 2.04. The highest BCUT2D eigenvalue weighted by molar-refractivity contribution is 7.13. The molecule has 0 saturated heterocycles. The van der Waals surface area contributed by atoms with Crippen molar-refractivity contribution in [1.29, 1.82) is 0 Å². The number of thiophene rings is 1. The minimum atomic E-state index is -0.288. The van der Waals surface area contributed by atoms with Gasteiger partial charge in [-0.2, -0.15) is 4.98 Å². The summed E-state index contributed by atoms with van der Waals surface area (Å²) in [7, 11) is 1.52. The van der Waals surface area contributed by atoms with E-state index in [0.717, 1.165) is 22.0 Å². The molecule has 0 atom stereocenters. The van der Waals surface area contributed by atoms with E-state index in [2.05, 4.69) is 26.4 Å². The van der Waals surface area contributed by atoms with Crippen LogP contribution < -0.4 is 4.74 Å². The summed E-state index contributed by atoms with van der Waals surface area (Å²) in [5.41, 5.74) is 4.07. The lowest BCUT2D eigenvalue weighted by atomic mass is 10.1. The molecule has 7 heteroatoms. The Balaban J connectivity index is 1.89. The molecule has 0 radical (unpaired) electrons. The zero-order chi connectivity index (χ0) is 18.1. The summed E-state index contributed by atoms with van der Waals surface area (Å²) in [4.78, 5) is 17.6. The van der Waals surface area contributed by atoms with Gasteiger partial charge in [0.15, 0.2) is 0 Å². The van der Waals surface area contributed by atoms with Gasteiger partial charge in [0.05, 0.1) is 29.1 Å². The number of aromatic nitrogens is 4. The molecule has 5 nitrogen and oxygen atoms in total. The number of halogens is 1. The zero-order valence-corrected chi connectivity index (χ0v) is 15.0. The molecule has 0 bridgehead atoms. The summed E-state index contributed by atoms with van der Waals surface area (Å²) in [6, 6.07) is 10.4. The molecular weight excluding hydrogens is 351 g/mol. The second-order valence-electron chi connectivity index (χ2n) is 5.73. The summed E-state index contributed by atoms with van der Waals surface area (Å²) < 4.78 is 18.5. The molecule has 3 aromatic heterocycles. The highest BCUT2D eigenvalue weighted by Gasteiger charge is 2.18. The van der Waals surface area contributed by atoms with Crippen LogP contribution in [0.25, 0.3) is 33.3 Å². The molecule has 0 fully saturated rings. The van der Waals surface area contributed by atoms with Crippen LogP contribution in [0, 0.1) is 12.7 Å². The van der Waals surface area contributed by atoms with Crippen LogP contribution in [0.3, 0.4) is 0 Å². The number of benzene rings is 1. The summed E-state index contributed by atoms with van der Waals surface area (Å²) in [5, 5.41) is 2.07. The number of aromatic amines is 1. The predicted molar refractivity (Wildman–Crippen MR) is 99.6 cm³/mol. The number of methoxy groups -OCH3 is 1. The van der Waals surface area contributed by atoms with Gasteiger partial charge >= 0.3 is 6.01 Å². The van der Waals surface area contributed by atoms with Gasteiger partial charge < -0.3 is 9.72 Å². The largest absolute Gasteiger partial charge is 0.467 e. The molecule has 4 rings (SSSR count). The molecule has 0 amide bonds. The molecule has 0 saturated carbocycles. The maximum Gasteiger partial charge on any atom is 0.316 e. The van der Waals surface area contributed by atoms with Gasteiger partial charge in [-0.3, -0.25) is 0 Å². The smallest absolute Gasteiger partial charge is 0.316 e. The minimum absolute atomic E-state index is 0.274. The van der Waals surface area contributed by atoms with Crippen LogP contribution in [0.1, 0.15) is 5.56 Å². The van der Waals surface area contributed by atoms with E-state index in [1.54, 1.807) is 35.7 Å². The molecule has 0 aliphatic carbocycles. The first-order valence-electron chi connectivity index (χ1n) is 7.93. The fourth-order valence-corrected chi connectivity index (χ4v) is 3.47.